The van der Waals surface area contributed by atoms with Gasteiger partial charge >= 0.3 is 0 Å². The van der Waals surface area contributed by atoms with Crippen LogP contribution in [0.4, 0.5) is 0 Å². The Balaban J connectivity index is 1.31. The van der Waals surface area contributed by atoms with Gasteiger partial charge in [0.25, 0.3) is 0 Å². The van der Waals surface area contributed by atoms with Gasteiger partial charge in [-0.15, -0.1) is 10.2 Å². The Kier molecular flexibility index (Phi) is 3.54. The summed E-state index contributed by atoms with van der Waals surface area (Å²) in [5, 5.41) is 11.3. The van der Waals surface area contributed by atoms with E-state index in [1.165, 1.54) is 5.56 Å². The molecular weight excluding hydrogens is 288 g/mol. The molecule has 0 aliphatic heterocycles. The minimum Gasteiger partial charge on any atom is -0.355 e. The molecule has 3 aromatic rings. The number of nitrogens with zero attached hydrogens (tertiary/aromatic N) is 3. The van der Waals surface area contributed by atoms with Crippen LogP contribution in [0.25, 0.3) is 5.65 Å². The maximum atomic E-state index is 12.2. The third kappa shape index (κ3) is 2.82. The molecular formula is C18H18N4O. The number of pyridine rings is 1. The summed E-state index contributed by atoms with van der Waals surface area (Å²) in [4.78, 5) is 12.2. The Hall–Kier alpha value is -2.69. The van der Waals surface area contributed by atoms with E-state index >= 15 is 0 Å². The molecule has 2 atom stereocenters. The van der Waals surface area contributed by atoms with Crippen LogP contribution in [0.1, 0.15) is 23.7 Å². The van der Waals surface area contributed by atoms with Gasteiger partial charge in [-0.05, 0) is 30.0 Å². The van der Waals surface area contributed by atoms with Crippen LogP contribution < -0.4 is 5.32 Å². The zero-order valence-corrected chi connectivity index (χ0v) is 12.7. The third-order valence-electron chi connectivity index (χ3n) is 4.39. The smallest absolute Gasteiger partial charge is 0.223 e. The summed E-state index contributed by atoms with van der Waals surface area (Å²) < 4.78 is 1.95. The monoisotopic (exact) mass is 306 g/mol. The lowest BCUT2D eigenvalue weighted by Gasteiger charge is -2.04. The zero-order valence-electron chi connectivity index (χ0n) is 12.7. The largest absolute Gasteiger partial charge is 0.355 e. The predicted molar refractivity (Wildman–Crippen MR) is 87.0 cm³/mol. The summed E-state index contributed by atoms with van der Waals surface area (Å²) >= 11 is 0. The number of aromatic nitrogens is 3. The first-order chi connectivity index (χ1) is 11.3. The number of amides is 1. The van der Waals surface area contributed by atoms with Crippen molar-refractivity contribution in [2.24, 2.45) is 5.92 Å². The van der Waals surface area contributed by atoms with Crippen molar-refractivity contribution in [2.45, 2.75) is 18.8 Å². The van der Waals surface area contributed by atoms with E-state index in [9.17, 15) is 4.79 Å². The standard InChI is InChI=1S/C18H18N4O/c23-18(15-12-14(15)13-6-2-1-3-7-13)19-10-9-17-21-20-16-8-4-5-11-22(16)17/h1-8,11,14-15H,9-10,12H2,(H,19,23). The van der Waals surface area contributed by atoms with Gasteiger partial charge in [0.05, 0.1) is 0 Å². The highest BCUT2D eigenvalue weighted by molar-refractivity contribution is 5.82. The number of carbonyl (C=O) groups excluding carboxylic acids is 1. The van der Waals surface area contributed by atoms with Gasteiger partial charge in [0.15, 0.2) is 5.65 Å². The maximum absolute atomic E-state index is 12.2. The van der Waals surface area contributed by atoms with E-state index in [1.807, 2.05) is 47.0 Å². The molecule has 0 saturated heterocycles. The predicted octanol–water partition coefficient (Wildman–Crippen LogP) is 2.19. The third-order valence-corrected chi connectivity index (χ3v) is 4.39. The Morgan fingerprint density at radius 1 is 1.13 bits per heavy atom. The second-order valence-electron chi connectivity index (χ2n) is 5.95. The van der Waals surface area contributed by atoms with Crippen molar-refractivity contribution < 1.29 is 4.79 Å². The number of hydrogen-bond donors (Lipinski definition) is 1. The molecule has 1 aromatic carbocycles. The molecule has 1 aliphatic rings. The van der Waals surface area contributed by atoms with E-state index in [0.29, 0.717) is 18.9 Å². The van der Waals surface area contributed by atoms with Gasteiger partial charge in [0.2, 0.25) is 5.91 Å². The van der Waals surface area contributed by atoms with E-state index in [4.69, 9.17) is 0 Å². The van der Waals surface area contributed by atoms with Crippen LogP contribution in [0.15, 0.2) is 54.7 Å². The normalized spacial score (nSPS) is 19.7. The van der Waals surface area contributed by atoms with Crippen LogP contribution in [0.5, 0.6) is 0 Å². The number of hydrogen-bond acceptors (Lipinski definition) is 3. The first kappa shape index (κ1) is 13.9. The zero-order chi connectivity index (χ0) is 15.6. The molecule has 2 aromatic heterocycles. The molecule has 5 nitrogen and oxygen atoms in total. The molecule has 1 saturated carbocycles. The summed E-state index contributed by atoms with van der Waals surface area (Å²) in [5.41, 5.74) is 2.09. The van der Waals surface area contributed by atoms with Crippen molar-refractivity contribution >= 4 is 11.6 Å². The summed E-state index contributed by atoms with van der Waals surface area (Å²) in [7, 11) is 0. The SMILES string of the molecule is O=C(NCCc1nnc2ccccn12)C1CC1c1ccccc1. The molecule has 1 amide bonds. The Morgan fingerprint density at radius 2 is 1.96 bits per heavy atom. The topological polar surface area (TPSA) is 59.3 Å². The summed E-state index contributed by atoms with van der Waals surface area (Å²) in [6.07, 6.45) is 3.57. The number of fused-ring (bicyclic) bond motifs is 1. The molecule has 2 heterocycles. The number of nitrogens with one attached hydrogen (secondary N) is 1. The minimum atomic E-state index is 0.118. The van der Waals surface area contributed by atoms with Crippen LogP contribution in [0.2, 0.25) is 0 Å². The van der Waals surface area contributed by atoms with Crippen LogP contribution in [-0.4, -0.2) is 27.0 Å². The average Bonchev–Trinajstić information content (AvgIpc) is 3.31. The highest BCUT2D eigenvalue weighted by Crippen LogP contribution is 2.47. The highest BCUT2D eigenvalue weighted by Gasteiger charge is 2.43. The van der Waals surface area contributed by atoms with Crippen LogP contribution in [-0.2, 0) is 11.2 Å². The van der Waals surface area contributed by atoms with Gasteiger partial charge in [0, 0.05) is 25.1 Å². The Labute approximate surface area is 134 Å². The van der Waals surface area contributed by atoms with Crippen LogP contribution in [0, 0.1) is 5.92 Å². The summed E-state index contributed by atoms with van der Waals surface area (Å²) in [6.45, 7) is 0.590. The second kappa shape index (κ2) is 5.83. The van der Waals surface area contributed by atoms with Crippen molar-refractivity contribution in [3.05, 3.63) is 66.1 Å². The van der Waals surface area contributed by atoms with Crippen molar-refractivity contribution in [2.75, 3.05) is 6.54 Å². The lowest BCUT2D eigenvalue weighted by molar-refractivity contribution is -0.122. The fourth-order valence-electron chi connectivity index (χ4n) is 3.04. The molecule has 0 radical (unpaired) electrons. The van der Waals surface area contributed by atoms with Gasteiger partial charge in [-0.25, -0.2) is 0 Å². The second-order valence-corrected chi connectivity index (χ2v) is 5.95. The average molecular weight is 306 g/mol. The van der Waals surface area contributed by atoms with Crippen molar-refractivity contribution in [3.63, 3.8) is 0 Å². The lowest BCUT2D eigenvalue weighted by atomic mass is 10.1. The number of benzene rings is 1. The Bertz CT molecular complexity index is 827. The molecule has 116 valence electrons. The van der Waals surface area contributed by atoms with Crippen molar-refractivity contribution in [3.8, 4) is 0 Å². The lowest BCUT2D eigenvalue weighted by Crippen LogP contribution is -2.28. The van der Waals surface area contributed by atoms with Gasteiger partial charge in [-0.2, -0.15) is 0 Å². The molecule has 1 N–H and O–H groups in total. The fourth-order valence-corrected chi connectivity index (χ4v) is 3.04. The first-order valence-electron chi connectivity index (χ1n) is 7.94. The molecule has 23 heavy (non-hydrogen) atoms. The van der Waals surface area contributed by atoms with Crippen molar-refractivity contribution in [1.82, 2.24) is 19.9 Å². The molecule has 0 spiro atoms. The molecule has 1 fully saturated rings. The Morgan fingerprint density at radius 3 is 2.83 bits per heavy atom. The highest BCUT2D eigenvalue weighted by atomic mass is 16.2. The minimum absolute atomic E-state index is 0.118. The summed E-state index contributed by atoms with van der Waals surface area (Å²) in [6, 6.07) is 16.1. The first-order valence-corrected chi connectivity index (χ1v) is 7.94. The van der Waals surface area contributed by atoms with Crippen molar-refractivity contribution in [1.29, 1.82) is 0 Å². The van der Waals surface area contributed by atoms with E-state index < -0.39 is 0 Å². The van der Waals surface area contributed by atoms with Gasteiger partial charge < -0.3 is 5.32 Å². The van der Waals surface area contributed by atoms with Gasteiger partial charge in [-0.3, -0.25) is 9.20 Å². The van der Waals surface area contributed by atoms with Crippen LogP contribution in [0.3, 0.4) is 0 Å². The summed E-state index contributed by atoms with van der Waals surface area (Å²) in [5.74, 6) is 1.52. The molecule has 4 rings (SSSR count). The molecule has 0 bridgehead atoms. The molecule has 2 unspecified atom stereocenters. The fraction of sp³-hybridized carbons (Fsp3) is 0.278. The van der Waals surface area contributed by atoms with E-state index in [1.54, 1.807) is 0 Å². The number of rotatable bonds is 5. The van der Waals surface area contributed by atoms with E-state index in [2.05, 4.69) is 27.6 Å². The quantitative estimate of drug-likeness (QED) is 0.786. The molecule has 1 aliphatic carbocycles. The van der Waals surface area contributed by atoms with Crippen LogP contribution >= 0.6 is 0 Å². The van der Waals surface area contributed by atoms with E-state index in [0.717, 1.165) is 17.9 Å². The maximum Gasteiger partial charge on any atom is 0.223 e. The molecule has 5 heteroatoms. The number of carbonyl (C=O) groups is 1. The van der Waals surface area contributed by atoms with E-state index in [-0.39, 0.29) is 11.8 Å². The van der Waals surface area contributed by atoms with Gasteiger partial charge in [-0.1, -0.05) is 36.4 Å². The van der Waals surface area contributed by atoms with Gasteiger partial charge in [0.1, 0.15) is 5.82 Å².